The number of aryl methyl sites for hydroxylation is 3. The quantitative estimate of drug-likeness (QED) is 0.420. The average molecular weight is 493 g/mol. The van der Waals surface area contributed by atoms with E-state index in [1.165, 1.54) is 6.07 Å². The van der Waals surface area contributed by atoms with Crippen LogP contribution >= 0.6 is 0 Å². The zero-order valence-corrected chi connectivity index (χ0v) is 21.0. The van der Waals surface area contributed by atoms with Crippen LogP contribution < -0.4 is 0 Å². The lowest BCUT2D eigenvalue weighted by Gasteiger charge is -2.22. The Morgan fingerprint density at radius 1 is 1.12 bits per heavy atom. The number of nitrogens with zero attached hydrogens (tertiary/aromatic N) is 2. The molecule has 186 valence electrons. The van der Waals surface area contributed by atoms with Crippen molar-refractivity contribution in [3.8, 4) is 0 Å². The largest absolute Gasteiger partial charge is 0.456 e. The van der Waals surface area contributed by atoms with Gasteiger partial charge in [0.25, 0.3) is 0 Å². The Morgan fingerprint density at radius 2 is 1.82 bits per heavy atom. The van der Waals surface area contributed by atoms with Gasteiger partial charge in [-0.25, -0.2) is 8.42 Å². The van der Waals surface area contributed by atoms with Crippen LogP contribution in [0, 0.1) is 27.7 Å². The minimum atomic E-state index is -4.04. The van der Waals surface area contributed by atoms with Crippen LogP contribution in [0.25, 0.3) is 0 Å². The Bertz CT molecular complexity index is 1190. The van der Waals surface area contributed by atoms with Crippen molar-refractivity contribution in [3.63, 3.8) is 0 Å². The molecule has 1 aromatic heterocycles. The van der Waals surface area contributed by atoms with E-state index >= 15 is 0 Å². The molecule has 0 amide bonds. The van der Waals surface area contributed by atoms with Gasteiger partial charge in [-0.3, -0.25) is 9.59 Å². The molecule has 1 aliphatic rings. The number of ketones is 1. The van der Waals surface area contributed by atoms with Crippen molar-refractivity contribution >= 4 is 21.8 Å². The second-order valence-corrected chi connectivity index (χ2v) is 10.6. The molecule has 0 saturated carbocycles. The predicted molar refractivity (Wildman–Crippen MR) is 125 cm³/mol. The van der Waals surface area contributed by atoms with Crippen molar-refractivity contribution < 1.29 is 32.6 Å². The first kappa shape index (κ1) is 26.1. The molecule has 1 aromatic carbocycles. The van der Waals surface area contributed by atoms with Gasteiger partial charge in [0.15, 0.2) is 6.61 Å². The normalized spacial score (nSPS) is 18.9. The molecular formula is C24H32N2O7S. The topological polar surface area (TPSA) is 115 Å². The molecule has 2 aromatic rings. The summed E-state index contributed by atoms with van der Waals surface area (Å²) in [6.45, 7) is 7.71. The number of ether oxygens (including phenoxy) is 2. The van der Waals surface area contributed by atoms with Gasteiger partial charge in [-0.15, -0.1) is 0 Å². The summed E-state index contributed by atoms with van der Waals surface area (Å²) in [4.78, 5) is 25.6. The highest BCUT2D eigenvalue weighted by Crippen LogP contribution is 2.28. The summed E-state index contributed by atoms with van der Waals surface area (Å²) in [6, 6.07) is 5.25. The predicted octanol–water partition coefficient (Wildman–Crippen LogP) is 1.92. The second kappa shape index (κ2) is 10.4. The molecule has 1 saturated heterocycles. The van der Waals surface area contributed by atoms with E-state index in [1.54, 1.807) is 32.2 Å². The number of aromatic nitrogens is 1. The monoisotopic (exact) mass is 492 g/mol. The Labute approximate surface area is 200 Å². The lowest BCUT2D eigenvalue weighted by Crippen LogP contribution is -2.42. The number of hydrogen-bond acceptors (Lipinski definition) is 7. The smallest absolute Gasteiger partial charge is 0.325 e. The third-order valence-electron chi connectivity index (χ3n) is 6.33. The summed E-state index contributed by atoms with van der Waals surface area (Å²) in [6.07, 6.45) is -1.10. The molecule has 9 nitrogen and oxygen atoms in total. The fraction of sp³-hybridized carbons (Fsp3) is 0.500. The molecular weight excluding hydrogens is 460 g/mol. The number of esters is 1. The van der Waals surface area contributed by atoms with Gasteiger partial charge in [0.05, 0.1) is 17.6 Å². The van der Waals surface area contributed by atoms with Gasteiger partial charge < -0.3 is 19.1 Å². The molecule has 34 heavy (non-hydrogen) atoms. The molecule has 0 spiro atoms. The maximum Gasteiger partial charge on any atom is 0.325 e. The van der Waals surface area contributed by atoms with Gasteiger partial charge >= 0.3 is 5.97 Å². The van der Waals surface area contributed by atoms with E-state index in [9.17, 15) is 23.1 Å². The number of carbonyl (C=O) groups excluding carboxylic acids is 2. The lowest BCUT2D eigenvalue weighted by atomic mass is 10.1. The van der Waals surface area contributed by atoms with Crippen molar-refractivity contribution in [1.29, 1.82) is 0 Å². The van der Waals surface area contributed by atoms with Gasteiger partial charge in [0, 0.05) is 43.6 Å². The minimum Gasteiger partial charge on any atom is -0.456 e. The van der Waals surface area contributed by atoms with Crippen molar-refractivity contribution in [1.82, 2.24) is 8.87 Å². The van der Waals surface area contributed by atoms with Crippen LogP contribution in [-0.2, 0) is 30.8 Å². The first-order valence-electron chi connectivity index (χ1n) is 11.1. The van der Waals surface area contributed by atoms with Crippen LogP contribution in [0.1, 0.15) is 39.3 Å². The molecule has 2 atom stereocenters. The maximum absolute atomic E-state index is 13.2. The van der Waals surface area contributed by atoms with Crippen LogP contribution in [0.2, 0.25) is 0 Å². The summed E-state index contributed by atoms with van der Waals surface area (Å²) in [5.41, 5.74) is 3.80. The van der Waals surface area contributed by atoms with Crippen molar-refractivity contribution in [2.45, 2.75) is 57.7 Å². The molecule has 2 heterocycles. The Kier molecular flexibility index (Phi) is 7.97. The number of β-amino-alcohol motifs (C(OH)–C–C–N with tert-alkyl or cyclic N) is 1. The average Bonchev–Trinajstić information content (AvgIpc) is 3.32. The Morgan fingerprint density at radius 3 is 2.47 bits per heavy atom. The summed E-state index contributed by atoms with van der Waals surface area (Å²) >= 11 is 0. The summed E-state index contributed by atoms with van der Waals surface area (Å²) < 4.78 is 39.7. The van der Waals surface area contributed by atoms with Gasteiger partial charge in [0.1, 0.15) is 6.04 Å². The number of methoxy groups -OCH3 is 1. The summed E-state index contributed by atoms with van der Waals surface area (Å²) in [5.74, 6) is -1.24. The van der Waals surface area contributed by atoms with E-state index in [-0.39, 0.29) is 23.6 Å². The molecule has 10 heteroatoms. The molecule has 0 radical (unpaired) electrons. The fourth-order valence-corrected chi connectivity index (χ4v) is 5.91. The molecule has 0 aliphatic carbocycles. The first-order valence-corrected chi connectivity index (χ1v) is 12.5. The highest BCUT2D eigenvalue weighted by Gasteiger charge is 2.44. The van der Waals surface area contributed by atoms with Gasteiger partial charge in [-0.05, 0) is 57.0 Å². The van der Waals surface area contributed by atoms with E-state index in [4.69, 9.17) is 9.47 Å². The van der Waals surface area contributed by atoms with Crippen LogP contribution in [0.5, 0.6) is 0 Å². The van der Waals surface area contributed by atoms with Crippen LogP contribution in [0.3, 0.4) is 0 Å². The van der Waals surface area contributed by atoms with E-state index in [2.05, 4.69) is 0 Å². The molecule has 1 aliphatic heterocycles. The summed E-state index contributed by atoms with van der Waals surface area (Å²) in [7, 11) is -2.44. The number of aliphatic hydroxyl groups excluding tert-OH is 1. The lowest BCUT2D eigenvalue weighted by molar-refractivity contribution is -0.146. The number of benzene rings is 1. The Hall–Kier alpha value is -2.53. The van der Waals surface area contributed by atoms with Gasteiger partial charge in [-0.1, -0.05) is 6.07 Å². The highest BCUT2D eigenvalue weighted by molar-refractivity contribution is 7.89. The van der Waals surface area contributed by atoms with Crippen LogP contribution in [0.4, 0.5) is 0 Å². The van der Waals surface area contributed by atoms with Crippen LogP contribution in [0.15, 0.2) is 29.2 Å². The maximum atomic E-state index is 13.2. The third kappa shape index (κ3) is 5.25. The summed E-state index contributed by atoms with van der Waals surface area (Å²) in [5, 5.41) is 10.1. The zero-order valence-electron chi connectivity index (χ0n) is 20.2. The highest BCUT2D eigenvalue weighted by atomic mass is 32.2. The SMILES string of the molecule is COCCn1c(C)cc(C(=O)COC(=O)C2CC(O)CN2S(=O)(=O)c2ccc(C)c(C)c2)c1C. The van der Waals surface area contributed by atoms with Gasteiger partial charge in [0.2, 0.25) is 15.8 Å². The first-order chi connectivity index (χ1) is 16.0. The number of Topliss-reactive ketones (excluding diaryl/α,β-unsaturated/α-hetero) is 1. The number of carbonyl (C=O) groups is 2. The van der Waals surface area contributed by atoms with Crippen molar-refractivity contribution in [2.24, 2.45) is 0 Å². The van der Waals surface area contributed by atoms with E-state index in [1.807, 2.05) is 25.3 Å². The Balaban J connectivity index is 1.73. The second-order valence-electron chi connectivity index (χ2n) is 8.69. The van der Waals surface area contributed by atoms with E-state index in [0.29, 0.717) is 18.7 Å². The van der Waals surface area contributed by atoms with E-state index < -0.39 is 34.7 Å². The standard InChI is InChI=1S/C24H32N2O7S/c1-15-6-7-20(10-16(15)2)34(30,31)26-13-19(27)12-22(26)24(29)33-14-23(28)21-11-17(3)25(18(21)4)8-9-32-5/h6-7,10-11,19,22,27H,8-9,12-14H2,1-5H3. The third-order valence-corrected chi connectivity index (χ3v) is 8.20. The minimum absolute atomic E-state index is 0.0436. The van der Waals surface area contributed by atoms with Crippen LogP contribution in [-0.4, -0.2) is 73.2 Å². The van der Waals surface area contributed by atoms with E-state index in [0.717, 1.165) is 26.8 Å². The number of hydrogen-bond donors (Lipinski definition) is 1. The fourth-order valence-electron chi connectivity index (χ4n) is 4.19. The molecule has 1 N–H and O–H groups in total. The molecule has 1 fully saturated rings. The molecule has 3 rings (SSSR count). The number of aliphatic hydroxyl groups is 1. The molecule has 2 unspecified atom stereocenters. The zero-order chi connectivity index (χ0) is 25.2. The van der Waals surface area contributed by atoms with Crippen molar-refractivity contribution in [3.05, 3.63) is 52.3 Å². The van der Waals surface area contributed by atoms with Crippen molar-refractivity contribution in [2.75, 3.05) is 26.9 Å². The number of sulfonamides is 1. The van der Waals surface area contributed by atoms with Gasteiger partial charge in [-0.2, -0.15) is 4.31 Å². The number of rotatable bonds is 9. The molecule has 0 bridgehead atoms.